The molecule has 0 radical (unpaired) electrons. The normalized spacial score (nSPS) is 21.7. The molecule has 2 heterocycles. The summed E-state index contributed by atoms with van der Waals surface area (Å²) in [5.41, 5.74) is -0.819. The summed E-state index contributed by atoms with van der Waals surface area (Å²) in [7, 11) is 0. The number of carbonyl (C=O) groups is 1. The van der Waals surface area contributed by atoms with Crippen LogP contribution in [-0.2, 0) is 6.18 Å². The first-order valence-corrected chi connectivity index (χ1v) is 7.04. The van der Waals surface area contributed by atoms with Crippen molar-refractivity contribution in [2.45, 2.75) is 43.8 Å². The maximum atomic E-state index is 12.6. The smallest absolute Gasteiger partial charge is 0.335 e. The highest BCUT2D eigenvalue weighted by molar-refractivity contribution is 5.96. The highest BCUT2D eigenvalue weighted by Crippen LogP contribution is 2.39. The second-order valence-corrected chi connectivity index (χ2v) is 5.68. The molecule has 1 aliphatic carbocycles. The van der Waals surface area contributed by atoms with Gasteiger partial charge in [0, 0.05) is 6.54 Å². The molecule has 21 heavy (non-hydrogen) atoms. The summed E-state index contributed by atoms with van der Waals surface area (Å²) in [5.74, 6) is 0. The van der Waals surface area contributed by atoms with Crippen LogP contribution in [0.15, 0.2) is 18.3 Å². The summed E-state index contributed by atoms with van der Waals surface area (Å²) in [6, 6.07) is 2.01. The molecule has 1 spiro atoms. The molecular weight excluding hydrogens is 283 g/mol. The van der Waals surface area contributed by atoms with Crippen molar-refractivity contribution < 1.29 is 18.0 Å². The largest absolute Gasteiger partial charge is 0.433 e. The average molecular weight is 299 g/mol. The van der Waals surface area contributed by atoms with E-state index in [0.29, 0.717) is 12.2 Å². The Hall–Kier alpha value is -1.79. The van der Waals surface area contributed by atoms with Crippen LogP contribution in [0.5, 0.6) is 0 Å². The van der Waals surface area contributed by atoms with Crippen molar-refractivity contribution in [3.05, 3.63) is 24.0 Å². The van der Waals surface area contributed by atoms with Crippen LogP contribution in [0.1, 0.15) is 37.8 Å². The van der Waals surface area contributed by atoms with Gasteiger partial charge in [-0.15, -0.1) is 0 Å². The zero-order valence-electron chi connectivity index (χ0n) is 11.4. The lowest BCUT2D eigenvalue weighted by atomic mass is 9.81. The Balaban J connectivity index is 1.92. The standard InChI is InChI=1S/C14H16F3N3O/c15-14(16,17)11-5-4-10(8-18-11)20-12(21)19-9-13(20)6-2-1-3-7-13/h4-5,8H,1-3,6-7,9H2,(H,19,21). The van der Waals surface area contributed by atoms with Gasteiger partial charge in [-0.05, 0) is 25.0 Å². The SMILES string of the molecule is O=C1NCC2(CCCCC2)N1c1ccc(C(F)(F)F)nc1. The Bertz CT molecular complexity index is 535. The Labute approximate surface area is 120 Å². The molecule has 1 aromatic heterocycles. The predicted molar refractivity (Wildman–Crippen MR) is 70.9 cm³/mol. The topological polar surface area (TPSA) is 45.2 Å². The van der Waals surface area contributed by atoms with Crippen LogP contribution >= 0.6 is 0 Å². The van der Waals surface area contributed by atoms with Crippen LogP contribution in [0.4, 0.5) is 23.7 Å². The molecular formula is C14H16F3N3O. The fourth-order valence-electron chi connectivity index (χ4n) is 3.30. The van der Waals surface area contributed by atoms with Gasteiger partial charge in [-0.2, -0.15) is 13.2 Å². The van der Waals surface area contributed by atoms with Gasteiger partial charge in [-0.25, -0.2) is 9.78 Å². The van der Waals surface area contributed by atoms with Gasteiger partial charge in [0.05, 0.1) is 17.4 Å². The quantitative estimate of drug-likeness (QED) is 0.864. The average Bonchev–Trinajstić information content (AvgIpc) is 2.76. The fourth-order valence-corrected chi connectivity index (χ4v) is 3.30. The number of nitrogens with one attached hydrogen (secondary N) is 1. The number of alkyl halides is 3. The Morgan fingerprint density at radius 3 is 2.48 bits per heavy atom. The third kappa shape index (κ3) is 2.45. The van der Waals surface area contributed by atoms with E-state index in [1.165, 1.54) is 6.07 Å². The summed E-state index contributed by atoms with van der Waals surface area (Å²) in [5, 5.41) is 2.81. The molecule has 7 heteroatoms. The first kappa shape index (κ1) is 14.2. The molecule has 1 N–H and O–H groups in total. The van der Waals surface area contributed by atoms with Crippen molar-refractivity contribution in [1.82, 2.24) is 10.3 Å². The molecule has 4 nitrogen and oxygen atoms in total. The summed E-state index contributed by atoms with van der Waals surface area (Å²) >= 11 is 0. The van der Waals surface area contributed by atoms with Crippen molar-refractivity contribution in [3.8, 4) is 0 Å². The zero-order valence-corrected chi connectivity index (χ0v) is 11.4. The molecule has 114 valence electrons. The summed E-state index contributed by atoms with van der Waals surface area (Å²) < 4.78 is 37.7. The Morgan fingerprint density at radius 1 is 1.19 bits per heavy atom. The molecule has 1 saturated heterocycles. The minimum Gasteiger partial charge on any atom is -0.335 e. The number of halogens is 3. The highest BCUT2D eigenvalue weighted by Gasteiger charge is 2.46. The van der Waals surface area contributed by atoms with E-state index in [1.807, 2.05) is 0 Å². The molecule has 2 aliphatic rings. The number of urea groups is 1. The Morgan fingerprint density at radius 2 is 1.90 bits per heavy atom. The second-order valence-electron chi connectivity index (χ2n) is 5.68. The number of pyridine rings is 1. The molecule has 2 amide bonds. The molecule has 3 rings (SSSR count). The van der Waals surface area contributed by atoms with Crippen molar-refractivity contribution in [2.75, 3.05) is 11.4 Å². The maximum Gasteiger partial charge on any atom is 0.433 e. The van der Waals surface area contributed by atoms with Gasteiger partial charge in [-0.1, -0.05) is 19.3 Å². The monoisotopic (exact) mass is 299 g/mol. The molecule has 0 unspecified atom stereocenters. The first-order chi connectivity index (χ1) is 9.92. The van der Waals surface area contributed by atoms with Gasteiger partial charge in [0.1, 0.15) is 5.69 Å². The number of hydrogen-bond donors (Lipinski definition) is 1. The van der Waals surface area contributed by atoms with Gasteiger partial charge in [-0.3, -0.25) is 4.90 Å². The van der Waals surface area contributed by atoms with Crippen LogP contribution in [0.3, 0.4) is 0 Å². The minimum atomic E-state index is -4.46. The van der Waals surface area contributed by atoms with Gasteiger partial charge in [0.2, 0.25) is 0 Å². The van der Waals surface area contributed by atoms with E-state index in [4.69, 9.17) is 0 Å². The van der Waals surface area contributed by atoms with Crippen LogP contribution in [0, 0.1) is 0 Å². The number of anilines is 1. The minimum absolute atomic E-state index is 0.251. The van der Waals surface area contributed by atoms with Crippen molar-refractivity contribution in [2.24, 2.45) is 0 Å². The fraction of sp³-hybridized carbons (Fsp3) is 0.571. The van der Waals surface area contributed by atoms with E-state index >= 15 is 0 Å². The summed E-state index contributed by atoms with van der Waals surface area (Å²) in [6.45, 7) is 0.548. The molecule has 1 aromatic rings. The van der Waals surface area contributed by atoms with E-state index in [9.17, 15) is 18.0 Å². The number of nitrogens with zero attached hydrogens (tertiary/aromatic N) is 2. The molecule has 1 saturated carbocycles. The van der Waals surface area contributed by atoms with Gasteiger partial charge < -0.3 is 5.32 Å². The number of hydrogen-bond acceptors (Lipinski definition) is 2. The van der Waals surface area contributed by atoms with Crippen molar-refractivity contribution in [1.29, 1.82) is 0 Å². The predicted octanol–water partition coefficient (Wildman–Crippen LogP) is 3.33. The lowest BCUT2D eigenvalue weighted by Crippen LogP contribution is -2.48. The molecule has 2 fully saturated rings. The van der Waals surface area contributed by atoms with E-state index < -0.39 is 11.9 Å². The van der Waals surface area contributed by atoms with Crippen molar-refractivity contribution >= 4 is 11.7 Å². The maximum absolute atomic E-state index is 12.6. The number of rotatable bonds is 1. The molecule has 1 aliphatic heterocycles. The summed E-state index contributed by atoms with van der Waals surface area (Å²) in [4.78, 5) is 17.2. The molecule has 0 bridgehead atoms. The highest BCUT2D eigenvalue weighted by atomic mass is 19.4. The first-order valence-electron chi connectivity index (χ1n) is 7.04. The van der Waals surface area contributed by atoms with E-state index in [0.717, 1.165) is 44.4 Å². The van der Waals surface area contributed by atoms with E-state index in [2.05, 4.69) is 10.3 Å². The number of amides is 2. The number of carbonyl (C=O) groups excluding carboxylic acids is 1. The van der Waals surface area contributed by atoms with Crippen molar-refractivity contribution in [3.63, 3.8) is 0 Å². The van der Waals surface area contributed by atoms with Gasteiger partial charge in [0.25, 0.3) is 0 Å². The third-order valence-corrected chi connectivity index (χ3v) is 4.33. The van der Waals surface area contributed by atoms with Crippen LogP contribution in [-0.4, -0.2) is 23.1 Å². The van der Waals surface area contributed by atoms with E-state index in [-0.39, 0.29) is 11.6 Å². The lowest BCUT2D eigenvalue weighted by molar-refractivity contribution is -0.141. The zero-order chi connectivity index (χ0) is 15.1. The molecule has 0 aromatic carbocycles. The van der Waals surface area contributed by atoms with E-state index in [1.54, 1.807) is 4.90 Å². The number of aromatic nitrogens is 1. The second kappa shape index (κ2) is 4.89. The van der Waals surface area contributed by atoms with Crippen LogP contribution in [0.2, 0.25) is 0 Å². The van der Waals surface area contributed by atoms with Crippen LogP contribution < -0.4 is 10.2 Å². The Kier molecular flexibility index (Phi) is 3.30. The van der Waals surface area contributed by atoms with Gasteiger partial charge >= 0.3 is 12.2 Å². The van der Waals surface area contributed by atoms with Gasteiger partial charge in [0.15, 0.2) is 0 Å². The molecule has 0 atom stereocenters. The lowest BCUT2D eigenvalue weighted by Gasteiger charge is -2.39. The third-order valence-electron chi connectivity index (χ3n) is 4.33. The van der Waals surface area contributed by atoms with Crippen LogP contribution in [0.25, 0.3) is 0 Å². The summed E-state index contributed by atoms with van der Waals surface area (Å²) in [6.07, 6.45) is 1.60.